The van der Waals surface area contributed by atoms with E-state index in [1.807, 2.05) is 49.4 Å². The van der Waals surface area contributed by atoms with Crippen LogP contribution in [0.5, 0.6) is 5.75 Å². The zero-order chi connectivity index (χ0) is 32.3. The molecule has 0 unspecified atom stereocenters. The van der Waals surface area contributed by atoms with E-state index < -0.39 is 11.7 Å². The predicted octanol–water partition coefficient (Wildman–Crippen LogP) is 6.22. The third kappa shape index (κ3) is 7.12. The molecule has 0 radical (unpaired) electrons. The molecule has 6 rings (SSSR count). The molecule has 2 aromatic carbocycles. The van der Waals surface area contributed by atoms with Crippen molar-refractivity contribution < 1.29 is 14.3 Å². The third-order valence-electron chi connectivity index (χ3n) is 7.99. The minimum absolute atomic E-state index is 0.172. The summed E-state index contributed by atoms with van der Waals surface area (Å²) >= 11 is 0. The van der Waals surface area contributed by atoms with Gasteiger partial charge in [0, 0.05) is 24.0 Å². The largest absolute Gasteiger partial charge is 0.490 e. The molecule has 46 heavy (non-hydrogen) atoms. The summed E-state index contributed by atoms with van der Waals surface area (Å²) in [6.07, 6.45) is 10.1. The number of aromatic nitrogens is 5. The first-order chi connectivity index (χ1) is 22.1. The van der Waals surface area contributed by atoms with E-state index in [0.29, 0.717) is 47.5 Å². The van der Waals surface area contributed by atoms with Crippen LogP contribution >= 0.6 is 0 Å². The van der Waals surface area contributed by atoms with Gasteiger partial charge in [-0.3, -0.25) is 13.8 Å². The molecular weight excluding hydrogens is 582 g/mol. The molecule has 0 atom stereocenters. The van der Waals surface area contributed by atoms with Crippen LogP contribution in [0.1, 0.15) is 57.6 Å². The van der Waals surface area contributed by atoms with Crippen LogP contribution in [-0.4, -0.2) is 48.4 Å². The lowest BCUT2D eigenvalue weighted by Crippen LogP contribution is -2.23. The van der Waals surface area contributed by atoms with Crippen LogP contribution in [-0.2, 0) is 11.3 Å². The molecule has 0 N–H and O–H groups in total. The van der Waals surface area contributed by atoms with Gasteiger partial charge in [-0.25, -0.2) is 19.7 Å². The van der Waals surface area contributed by atoms with E-state index in [9.17, 15) is 14.9 Å². The summed E-state index contributed by atoms with van der Waals surface area (Å²) < 4.78 is 14.7. The van der Waals surface area contributed by atoms with E-state index in [1.54, 1.807) is 47.6 Å². The number of nitriles is 1. The molecule has 1 aliphatic rings. The van der Waals surface area contributed by atoms with Crippen LogP contribution in [0.3, 0.4) is 0 Å². The number of rotatable bonds is 7. The molecule has 0 spiro atoms. The lowest BCUT2D eigenvalue weighted by atomic mass is 9.83. The van der Waals surface area contributed by atoms with Gasteiger partial charge in [-0.05, 0) is 88.1 Å². The number of ether oxygens (including phenoxy) is 2. The van der Waals surface area contributed by atoms with Crippen LogP contribution in [0.2, 0.25) is 0 Å². The molecule has 0 saturated heterocycles. The number of carbonyl (C=O) groups is 1. The van der Waals surface area contributed by atoms with E-state index in [2.05, 4.69) is 26.0 Å². The molecular formula is C35H35N7O4. The first-order valence-corrected chi connectivity index (χ1v) is 15.4. The second-order valence-corrected chi connectivity index (χ2v) is 12.6. The molecule has 1 aliphatic carbocycles. The molecule has 0 bridgehead atoms. The Bertz CT molecular complexity index is 2010. The maximum atomic E-state index is 12.9. The van der Waals surface area contributed by atoms with Crippen LogP contribution in [0.4, 0.5) is 4.79 Å². The average molecular weight is 618 g/mol. The third-order valence-corrected chi connectivity index (χ3v) is 7.99. The maximum Gasteiger partial charge on any atom is 0.433 e. The number of imidazole rings is 1. The molecule has 1 amide bonds. The molecule has 11 nitrogen and oxygen atoms in total. The Labute approximate surface area is 266 Å². The number of nitrogens with zero attached hydrogens (tertiary/aromatic N) is 7. The van der Waals surface area contributed by atoms with Crippen molar-refractivity contribution in [3.63, 3.8) is 0 Å². The second-order valence-electron chi connectivity index (χ2n) is 12.6. The first kappa shape index (κ1) is 30.6. The van der Waals surface area contributed by atoms with Crippen molar-refractivity contribution in [2.45, 2.75) is 58.6 Å². The van der Waals surface area contributed by atoms with E-state index >= 15 is 0 Å². The number of benzene rings is 2. The van der Waals surface area contributed by atoms with Gasteiger partial charge in [-0.15, -0.1) is 0 Å². The van der Waals surface area contributed by atoms with E-state index in [4.69, 9.17) is 9.47 Å². The SMILES string of the molecule is CC(C)(C)OC(=O)N=CC1CCC(COc2cnc(-c3cccc(Cn4c(=O)ccn5c6cc(C#N)ccc6nc45)c3)nc2)CC1. The normalized spacial score (nSPS) is 16.9. The fourth-order valence-electron chi connectivity index (χ4n) is 5.67. The van der Waals surface area contributed by atoms with Crippen molar-refractivity contribution >= 4 is 29.1 Å². The van der Waals surface area contributed by atoms with Crippen LogP contribution in [0.15, 0.2) is 76.9 Å². The molecule has 3 heterocycles. The maximum absolute atomic E-state index is 12.9. The lowest BCUT2D eigenvalue weighted by Gasteiger charge is -2.26. The summed E-state index contributed by atoms with van der Waals surface area (Å²) in [4.78, 5) is 42.5. The number of hydrogen-bond donors (Lipinski definition) is 0. The Morgan fingerprint density at radius 3 is 2.61 bits per heavy atom. The molecule has 1 fully saturated rings. The first-order valence-electron chi connectivity index (χ1n) is 15.4. The standard InChI is InChI=1S/C35H35N7O4/c1-35(2,3)46-34(44)39-18-23-7-9-24(10-8-23)22-45-28-19-37-32(38-20-28)27-6-4-5-26(15-27)21-42-31(43)13-14-41-30-16-25(17-36)11-12-29(30)40-33(41)42/h4-6,11-16,18-20,23-24H,7-10,21-22H2,1-3H3. The van der Waals surface area contributed by atoms with Crippen LogP contribution < -0.4 is 10.3 Å². The highest BCUT2D eigenvalue weighted by atomic mass is 16.6. The monoisotopic (exact) mass is 617 g/mol. The smallest absolute Gasteiger partial charge is 0.433 e. The van der Waals surface area contributed by atoms with E-state index in [0.717, 1.165) is 42.3 Å². The molecule has 0 aliphatic heterocycles. The molecule has 234 valence electrons. The summed E-state index contributed by atoms with van der Waals surface area (Å²) in [5, 5.41) is 9.31. The van der Waals surface area contributed by atoms with Crippen LogP contribution in [0, 0.1) is 23.2 Å². The summed E-state index contributed by atoms with van der Waals surface area (Å²) in [5.41, 5.74) is 3.01. The summed E-state index contributed by atoms with van der Waals surface area (Å²) in [7, 11) is 0. The molecule has 3 aromatic heterocycles. The predicted molar refractivity (Wildman–Crippen MR) is 174 cm³/mol. The van der Waals surface area contributed by atoms with E-state index in [1.165, 1.54) is 6.07 Å². The number of amides is 1. The highest BCUT2D eigenvalue weighted by Crippen LogP contribution is 2.29. The van der Waals surface area contributed by atoms with Gasteiger partial charge in [0.05, 0.1) is 48.2 Å². The zero-order valence-corrected chi connectivity index (χ0v) is 26.1. The quantitative estimate of drug-likeness (QED) is 0.196. The Balaban J connectivity index is 1.07. The summed E-state index contributed by atoms with van der Waals surface area (Å²) in [5.74, 6) is 2.35. The van der Waals surface area contributed by atoms with Crippen molar-refractivity contribution in [1.29, 1.82) is 5.26 Å². The van der Waals surface area contributed by atoms with Gasteiger partial charge in [-0.2, -0.15) is 10.3 Å². The Hall–Kier alpha value is -5.37. The number of aliphatic imine (C=N–C) groups is 1. The van der Waals surface area contributed by atoms with Gasteiger partial charge < -0.3 is 9.47 Å². The van der Waals surface area contributed by atoms with E-state index in [-0.39, 0.29) is 11.5 Å². The average Bonchev–Trinajstić information content (AvgIpc) is 3.42. The van der Waals surface area contributed by atoms with Gasteiger partial charge in [-0.1, -0.05) is 18.2 Å². The molecule has 11 heteroatoms. The molecule has 5 aromatic rings. The van der Waals surface area contributed by atoms with Crippen molar-refractivity contribution in [2.75, 3.05) is 6.61 Å². The highest BCUT2D eigenvalue weighted by Gasteiger charge is 2.22. The minimum atomic E-state index is -0.545. The van der Waals surface area contributed by atoms with Crippen molar-refractivity contribution in [3.8, 4) is 23.2 Å². The van der Waals surface area contributed by atoms with Gasteiger partial charge in [0.25, 0.3) is 5.56 Å². The Morgan fingerprint density at radius 2 is 1.87 bits per heavy atom. The van der Waals surface area contributed by atoms with Gasteiger partial charge in [0.2, 0.25) is 5.78 Å². The summed E-state index contributed by atoms with van der Waals surface area (Å²) in [6, 6.07) is 16.7. The fourth-order valence-corrected chi connectivity index (χ4v) is 5.67. The highest BCUT2D eigenvalue weighted by molar-refractivity contribution is 5.81. The Kier molecular flexibility index (Phi) is 8.61. The van der Waals surface area contributed by atoms with Crippen LogP contribution in [0.25, 0.3) is 28.2 Å². The van der Waals surface area contributed by atoms with Crippen molar-refractivity contribution in [3.05, 3.63) is 88.6 Å². The topological polar surface area (TPSA) is 137 Å². The van der Waals surface area contributed by atoms with Crippen molar-refractivity contribution in [2.24, 2.45) is 16.8 Å². The Morgan fingerprint density at radius 1 is 1.09 bits per heavy atom. The second kappa shape index (κ2) is 12.9. The minimum Gasteiger partial charge on any atom is -0.490 e. The van der Waals surface area contributed by atoms with Crippen molar-refractivity contribution in [1.82, 2.24) is 23.9 Å². The van der Waals surface area contributed by atoms with Gasteiger partial charge in [0.1, 0.15) is 5.60 Å². The zero-order valence-electron chi connectivity index (χ0n) is 26.1. The summed E-state index contributed by atoms with van der Waals surface area (Å²) in [6.45, 7) is 6.37. The molecule has 1 saturated carbocycles. The van der Waals surface area contributed by atoms with Gasteiger partial charge >= 0.3 is 6.09 Å². The number of fused-ring (bicyclic) bond motifs is 3. The van der Waals surface area contributed by atoms with Gasteiger partial charge in [0.15, 0.2) is 11.6 Å². The fraction of sp³-hybridized carbons (Fsp3) is 0.343. The lowest BCUT2D eigenvalue weighted by molar-refractivity contribution is 0.0604. The number of carbonyl (C=O) groups excluding carboxylic acids is 1. The number of hydrogen-bond acceptors (Lipinski definition) is 8.